The van der Waals surface area contributed by atoms with Gasteiger partial charge in [-0.1, -0.05) is 60.1 Å². The van der Waals surface area contributed by atoms with Crippen LogP contribution >= 0.6 is 0 Å². The second-order valence-electron chi connectivity index (χ2n) is 15.6. The molecule has 8 unspecified atom stereocenters. The highest BCUT2D eigenvalue weighted by atomic mass is 16.6. The number of hydrogen-bond donors (Lipinski definition) is 1. The van der Waals surface area contributed by atoms with E-state index in [9.17, 15) is 14.7 Å². The number of fused-ring (bicyclic) bond motifs is 7. The van der Waals surface area contributed by atoms with E-state index in [1.807, 2.05) is 0 Å². The molecule has 0 amide bonds. The number of ether oxygens (including phenoxy) is 1. The van der Waals surface area contributed by atoms with Crippen LogP contribution in [0, 0.1) is 50.2 Å². The quantitative estimate of drug-likeness (QED) is 0.235. The smallest absolute Gasteiger partial charge is 0.320 e. The van der Waals surface area contributed by atoms with Gasteiger partial charge in [-0.25, -0.2) is 0 Å². The Hall–Kier alpha value is -1.16. The summed E-state index contributed by atoms with van der Waals surface area (Å²) in [6.45, 7) is 18.3. The van der Waals surface area contributed by atoms with E-state index in [4.69, 9.17) is 4.74 Å². The van der Waals surface area contributed by atoms with Crippen LogP contribution in [0.5, 0.6) is 0 Å². The minimum atomic E-state index is -0.562. The fourth-order valence-electron chi connectivity index (χ4n) is 10.8. The Bertz CT molecular complexity index is 992. The predicted molar refractivity (Wildman–Crippen MR) is 142 cm³/mol. The molecule has 4 heteroatoms. The molecule has 0 heterocycles. The van der Waals surface area contributed by atoms with Crippen molar-refractivity contribution in [3.05, 3.63) is 11.6 Å². The van der Waals surface area contributed by atoms with Gasteiger partial charge in [0.05, 0.1) is 11.5 Å². The van der Waals surface area contributed by atoms with Crippen molar-refractivity contribution in [2.75, 3.05) is 0 Å². The second-order valence-corrected chi connectivity index (χ2v) is 15.6. The molecule has 5 aliphatic rings. The average Bonchev–Trinajstić information content (AvgIpc) is 2.76. The average molecular weight is 499 g/mol. The third kappa shape index (κ3) is 3.34. The lowest BCUT2D eigenvalue weighted by molar-refractivity contribution is -0.206. The number of carbonyl (C=O) groups is 2. The number of aliphatic hydroxyl groups is 1. The molecule has 0 saturated heterocycles. The minimum Gasteiger partial charge on any atom is -0.393 e. The zero-order valence-corrected chi connectivity index (χ0v) is 24.1. The normalized spacial score (nSPS) is 48.9. The maximum Gasteiger partial charge on any atom is 0.320 e. The van der Waals surface area contributed by atoms with E-state index in [-0.39, 0.29) is 45.1 Å². The van der Waals surface area contributed by atoms with Crippen molar-refractivity contribution in [1.82, 2.24) is 0 Å². The van der Waals surface area contributed by atoms with E-state index in [0.717, 1.165) is 51.4 Å². The molecule has 0 aliphatic heterocycles. The molecule has 1 N–H and O–H groups in total. The van der Waals surface area contributed by atoms with Crippen LogP contribution in [0.4, 0.5) is 0 Å². The summed E-state index contributed by atoms with van der Waals surface area (Å²) in [5, 5.41) is 10.9. The van der Waals surface area contributed by atoms with Crippen LogP contribution in [0.2, 0.25) is 0 Å². The largest absolute Gasteiger partial charge is 0.393 e. The van der Waals surface area contributed by atoms with Crippen molar-refractivity contribution >= 4 is 11.9 Å². The highest BCUT2D eigenvalue weighted by Gasteiger charge is 2.69. The van der Waals surface area contributed by atoms with Crippen molar-refractivity contribution in [3.63, 3.8) is 0 Å². The Morgan fingerprint density at radius 1 is 0.889 bits per heavy atom. The molecule has 0 aromatic carbocycles. The van der Waals surface area contributed by atoms with Crippen LogP contribution < -0.4 is 0 Å². The fourth-order valence-corrected chi connectivity index (χ4v) is 10.8. The first-order chi connectivity index (χ1) is 16.5. The summed E-state index contributed by atoms with van der Waals surface area (Å²) in [4.78, 5) is 25.4. The van der Waals surface area contributed by atoms with Crippen molar-refractivity contribution < 1.29 is 19.4 Å². The molecule has 0 spiro atoms. The molecule has 4 saturated carbocycles. The molecule has 4 nitrogen and oxygen atoms in total. The Labute approximate surface area is 219 Å². The number of allylic oxidation sites excluding steroid dienone is 2. The predicted octanol–water partition coefficient (Wildman–Crippen LogP) is 7.24. The van der Waals surface area contributed by atoms with Gasteiger partial charge in [0.15, 0.2) is 0 Å². The molecule has 5 aliphatic carbocycles. The SMILES string of the molecule is CC(=O)OC(=O)C12CCC(C)(C)CC1C1=CCC3C4(C)CCC(O)C(C)(C)C4CCC3(C)C1(C)CC2. The molecule has 202 valence electrons. The number of rotatable bonds is 1. The zero-order valence-electron chi connectivity index (χ0n) is 24.1. The van der Waals surface area contributed by atoms with E-state index >= 15 is 0 Å². The summed E-state index contributed by atoms with van der Waals surface area (Å²) in [6, 6.07) is 0. The number of esters is 2. The number of hydrogen-bond acceptors (Lipinski definition) is 4. The van der Waals surface area contributed by atoms with Gasteiger partial charge in [0.25, 0.3) is 0 Å². The molecule has 5 rings (SSSR count). The van der Waals surface area contributed by atoms with Gasteiger partial charge in [-0.15, -0.1) is 0 Å². The monoisotopic (exact) mass is 498 g/mol. The minimum absolute atomic E-state index is 0.0438. The lowest BCUT2D eigenvalue weighted by Gasteiger charge is -2.71. The van der Waals surface area contributed by atoms with E-state index < -0.39 is 11.4 Å². The third-order valence-electron chi connectivity index (χ3n) is 13.3. The molecule has 0 aromatic heterocycles. The van der Waals surface area contributed by atoms with E-state index in [0.29, 0.717) is 11.8 Å². The van der Waals surface area contributed by atoms with Gasteiger partial charge < -0.3 is 9.84 Å². The van der Waals surface area contributed by atoms with Gasteiger partial charge in [-0.2, -0.15) is 0 Å². The van der Waals surface area contributed by atoms with Gasteiger partial charge in [0, 0.05) is 6.92 Å². The van der Waals surface area contributed by atoms with Gasteiger partial charge in [0.1, 0.15) is 0 Å². The number of aliphatic hydroxyl groups excluding tert-OH is 1. The second kappa shape index (κ2) is 7.93. The van der Waals surface area contributed by atoms with Crippen molar-refractivity contribution in [2.45, 2.75) is 126 Å². The maximum atomic E-state index is 13.6. The molecular weight excluding hydrogens is 448 g/mol. The third-order valence-corrected chi connectivity index (χ3v) is 13.3. The molecule has 0 radical (unpaired) electrons. The van der Waals surface area contributed by atoms with Crippen LogP contribution in [0.25, 0.3) is 0 Å². The van der Waals surface area contributed by atoms with E-state index in [1.54, 1.807) is 0 Å². The Morgan fingerprint density at radius 3 is 2.22 bits per heavy atom. The molecule has 8 atom stereocenters. The Kier molecular flexibility index (Phi) is 5.83. The molecule has 0 bridgehead atoms. The Morgan fingerprint density at radius 2 is 1.56 bits per heavy atom. The summed E-state index contributed by atoms with van der Waals surface area (Å²) in [5.74, 6) is 0.512. The topological polar surface area (TPSA) is 63.6 Å². The lowest BCUT2D eigenvalue weighted by Crippen LogP contribution is -2.65. The summed E-state index contributed by atoms with van der Waals surface area (Å²) < 4.78 is 5.35. The standard InChI is InChI=1S/C32H50O4/c1-20(33)36-26(35)32-17-15-27(2,3)19-22(32)21-9-10-24-29(6)13-12-25(34)28(4,5)23(29)11-14-31(24,8)30(21,7)16-18-32/h9,22-25,34H,10-19H2,1-8H3. The first kappa shape index (κ1) is 26.4. The van der Waals surface area contributed by atoms with Crippen molar-refractivity contribution in [2.24, 2.45) is 50.2 Å². The summed E-state index contributed by atoms with van der Waals surface area (Å²) in [6.07, 6.45) is 12.4. The molecular formula is C32H50O4. The zero-order chi connectivity index (χ0) is 26.5. The van der Waals surface area contributed by atoms with Crippen LogP contribution in [0.1, 0.15) is 120 Å². The molecule has 36 heavy (non-hydrogen) atoms. The van der Waals surface area contributed by atoms with Crippen molar-refractivity contribution in [3.8, 4) is 0 Å². The highest BCUT2D eigenvalue weighted by molar-refractivity contribution is 5.88. The van der Waals surface area contributed by atoms with Crippen LogP contribution in [-0.2, 0) is 14.3 Å². The fraction of sp³-hybridized carbons (Fsp3) is 0.875. The van der Waals surface area contributed by atoms with Gasteiger partial charge in [-0.05, 0) is 109 Å². The van der Waals surface area contributed by atoms with Crippen LogP contribution in [-0.4, -0.2) is 23.1 Å². The molecule has 4 fully saturated rings. The van der Waals surface area contributed by atoms with E-state index in [2.05, 4.69) is 54.5 Å². The van der Waals surface area contributed by atoms with Gasteiger partial charge in [-0.3, -0.25) is 9.59 Å². The maximum absolute atomic E-state index is 13.6. The van der Waals surface area contributed by atoms with Crippen LogP contribution in [0.3, 0.4) is 0 Å². The van der Waals surface area contributed by atoms with E-state index in [1.165, 1.54) is 25.3 Å². The summed E-state index contributed by atoms with van der Waals surface area (Å²) in [5.41, 5.74) is 1.49. The number of carbonyl (C=O) groups excluding carboxylic acids is 2. The first-order valence-electron chi connectivity index (χ1n) is 14.7. The lowest BCUT2D eigenvalue weighted by atomic mass is 9.33. The van der Waals surface area contributed by atoms with Gasteiger partial charge in [0.2, 0.25) is 0 Å². The summed E-state index contributed by atoms with van der Waals surface area (Å²) in [7, 11) is 0. The van der Waals surface area contributed by atoms with Gasteiger partial charge >= 0.3 is 11.9 Å². The van der Waals surface area contributed by atoms with Crippen molar-refractivity contribution in [1.29, 1.82) is 0 Å². The van der Waals surface area contributed by atoms with Crippen LogP contribution in [0.15, 0.2) is 11.6 Å². The Balaban J connectivity index is 1.59. The molecule has 0 aromatic rings. The highest BCUT2D eigenvalue weighted by Crippen LogP contribution is 2.75. The first-order valence-corrected chi connectivity index (χ1v) is 14.7. The summed E-state index contributed by atoms with van der Waals surface area (Å²) >= 11 is 0.